The number of aliphatic imine (C=N–C) groups is 1. The van der Waals surface area contributed by atoms with E-state index in [4.69, 9.17) is 15.2 Å². The van der Waals surface area contributed by atoms with Crippen molar-refractivity contribution >= 4 is 29.9 Å². The minimum absolute atomic E-state index is 0. The largest absolute Gasteiger partial charge is 0.493 e. The van der Waals surface area contributed by atoms with E-state index in [-0.39, 0.29) is 24.0 Å². The lowest BCUT2D eigenvalue weighted by atomic mass is 9.96. The standard InChI is InChI=1S/C21H36N4O2.HI/c1-4-25(5-2)13-14-27-19-12-11-17(15-20(19)26-3)16-23-21(22)24-18-9-7-6-8-10-18;/h11-12,15,18H,4-10,13-14,16H2,1-3H3,(H3,22,23,24);1H. The Hall–Kier alpha value is -1.22. The van der Waals surface area contributed by atoms with Gasteiger partial charge in [-0.25, -0.2) is 4.99 Å². The number of nitrogens with one attached hydrogen (secondary N) is 1. The third-order valence-corrected chi connectivity index (χ3v) is 5.18. The number of nitrogens with two attached hydrogens (primary N) is 1. The predicted molar refractivity (Wildman–Crippen MR) is 127 cm³/mol. The average molecular weight is 504 g/mol. The molecule has 2 rings (SSSR count). The molecule has 1 aromatic rings. The highest BCUT2D eigenvalue weighted by Gasteiger charge is 2.13. The summed E-state index contributed by atoms with van der Waals surface area (Å²) in [7, 11) is 1.67. The van der Waals surface area contributed by atoms with Crippen molar-refractivity contribution in [3.63, 3.8) is 0 Å². The fourth-order valence-corrected chi connectivity index (χ4v) is 3.43. The molecule has 6 nitrogen and oxygen atoms in total. The van der Waals surface area contributed by atoms with Crippen molar-refractivity contribution in [3.05, 3.63) is 23.8 Å². The molecule has 0 spiro atoms. The van der Waals surface area contributed by atoms with Crippen LogP contribution in [0.15, 0.2) is 23.2 Å². The van der Waals surface area contributed by atoms with Crippen molar-refractivity contribution in [1.29, 1.82) is 0 Å². The van der Waals surface area contributed by atoms with Gasteiger partial charge in [0.1, 0.15) is 6.61 Å². The number of rotatable bonds is 10. The summed E-state index contributed by atoms with van der Waals surface area (Å²) in [6.45, 7) is 8.47. The van der Waals surface area contributed by atoms with Gasteiger partial charge in [0.15, 0.2) is 17.5 Å². The third kappa shape index (κ3) is 8.43. The molecule has 1 aliphatic carbocycles. The molecule has 28 heavy (non-hydrogen) atoms. The second-order valence-electron chi connectivity index (χ2n) is 7.04. The summed E-state index contributed by atoms with van der Waals surface area (Å²) in [5.41, 5.74) is 7.10. The predicted octanol–water partition coefficient (Wildman–Crippen LogP) is 3.77. The molecule has 0 aliphatic heterocycles. The number of halogens is 1. The molecule has 1 aromatic carbocycles. The van der Waals surface area contributed by atoms with Crippen LogP contribution in [-0.2, 0) is 6.54 Å². The normalized spacial score (nSPS) is 15.2. The molecular weight excluding hydrogens is 467 g/mol. The van der Waals surface area contributed by atoms with Crippen LogP contribution in [0.25, 0.3) is 0 Å². The molecule has 160 valence electrons. The summed E-state index contributed by atoms with van der Waals surface area (Å²) < 4.78 is 11.4. The summed E-state index contributed by atoms with van der Waals surface area (Å²) in [5, 5.41) is 3.35. The van der Waals surface area contributed by atoms with Gasteiger partial charge in [-0.3, -0.25) is 0 Å². The van der Waals surface area contributed by atoms with Crippen molar-refractivity contribution < 1.29 is 9.47 Å². The molecular formula is C21H37IN4O2. The first-order valence-corrected chi connectivity index (χ1v) is 10.2. The third-order valence-electron chi connectivity index (χ3n) is 5.18. The first kappa shape index (κ1) is 24.8. The number of hydrogen-bond donors (Lipinski definition) is 2. The maximum atomic E-state index is 6.05. The molecule has 0 bridgehead atoms. The zero-order chi connectivity index (χ0) is 19.5. The van der Waals surface area contributed by atoms with E-state index in [0.717, 1.165) is 36.7 Å². The van der Waals surface area contributed by atoms with E-state index in [0.29, 0.717) is 25.2 Å². The summed E-state index contributed by atoms with van der Waals surface area (Å²) >= 11 is 0. The molecule has 7 heteroatoms. The number of benzene rings is 1. The van der Waals surface area contributed by atoms with E-state index < -0.39 is 0 Å². The molecule has 0 amide bonds. The molecule has 0 heterocycles. The van der Waals surface area contributed by atoms with Gasteiger partial charge >= 0.3 is 0 Å². The van der Waals surface area contributed by atoms with E-state index in [1.807, 2.05) is 18.2 Å². The molecule has 0 radical (unpaired) electrons. The van der Waals surface area contributed by atoms with Gasteiger partial charge in [0.25, 0.3) is 0 Å². The lowest BCUT2D eigenvalue weighted by Gasteiger charge is -2.23. The van der Waals surface area contributed by atoms with Gasteiger partial charge in [-0.1, -0.05) is 39.2 Å². The van der Waals surface area contributed by atoms with Gasteiger partial charge < -0.3 is 25.4 Å². The summed E-state index contributed by atoms with van der Waals surface area (Å²) in [4.78, 5) is 6.81. The topological polar surface area (TPSA) is 72.1 Å². The molecule has 0 saturated heterocycles. The number of methoxy groups -OCH3 is 1. The number of ether oxygens (including phenoxy) is 2. The number of likely N-dealkylation sites (N-methyl/N-ethyl adjacent to an activating group) is 1. The van der Waals surface area contributed by atoms with Gasteiger partial charge in [-0.2, -0.15) is 0 Å². The first-order chi connectivity index (χ1) is 13.2. The fourth-order valence-electron chi connectivity index (χ4n) is 3.43. The van der Waals surface area contributed by atoms with Crippen molar-refractivity contribution in [3.8, 4) is 11.5 Å². The van der Waals surface area contributed by atoms with Crippen molar-refractivity contribution in [2.45, 2.75) is 58.5 Å². The van der Waals surface area contributed by atoms with Crippen LogP contribution in [0.5, 0.6) is 11.5 Å². The van der Waals surface area contributed by atoms with Crippen molar-refractivity contribution in [1.82, 2.24) is 10.2 Å². The van der Waals surface area contributed by atoms with Crippen molar-refractivity contribution in [2.75, 3.05) is 33.4 Å². The molecule has 0 aromatic heterocycles. The van der Waals surface area contributed by atoms with E-state index in [1.54, 1.807) is 7.11 Å². The van der Waals surface area contributed by atoms with Crippen LogP contribution in [0.2, 0.25) is 0 Å². The zero-order valence-corrected chi connectivity index (χ0v) is 19.9. The van der Waals surface area contributed by atoms with Gasteiger partial charge in [-0.05, 0) is 43.6 Å². The zero-order valence-electron chi connectivity index (χ0n) is 17.6. The maximum absolute atomic E-state index is 6.05. The minimum Gasteiger partial charge on any atom is -0.493 e. The quantitative estimate of drug-likeness (QED) is 0.289. The summed E-state index contributed by atoms with van der Waals surface area (Å²) in [5.74, 6) is 2.03. The highest BCUT2D eigenvalue weighted by atomic mass is 127. The Morgan fingerprint density at radius 3 is 2.54 bits per heavy atom. The van der Waals surface area contributed by atoms with Crippen LogP contribution < -0.4 is 20.5 Å². The van der Waals surface area contributed by atoms with Gasteiger partial charge in [0.2, 0.25) is 0 Å². The summed E-state index contributed by atoms with van der Waals surface area (Å²) in [6.07, 6.45) is 6.25. The fraction of sp³-hybridized carbons (Fsp3) is 0.667. The minimum atomic E-state index is 0. The second kappa shape index (κ2) is 13.9. The van der Waals surface area contributed by atoms with Gasteiger partial charge in [0.05, 0.1) is 13.7 Å². The summed E-state index contributed by atoms with van der Waals surface area (Å²) in [6, 6.07) is 6.42. The first-order valence-electron chi connectivity index (χ1n) is 10.2. The van der Waals surface area contributed by atoms with E-state index in [1.165, 1.54) is 32.1 Å². The Balaban J connectivity index is 0.00000392. The van der Waals surface area contributed by atoms with Crippen LogP contribution in [0.4, 0.5) is 0 Å². The Morgan fingerprint density at radius 2 is 1.89 bits per heavy atom. The highest BCUT2D eigenvalue weighted by molar-refractivity contribution is 14.0. The lowest BCUT2D eigenvalue weighted by Crippen LogP contribution is -2.41. The second-order valence-corrected chi connectivity index (χ2v) is 7.04. The Bertz CT molecular complexity index is 588. The molecule has 1 fully saturated rings. The van der Waals surface area contributed by atoms with E-state index >= 15 is 0 Å². The number of nitrogens with zero attached hydrogens (tertiary/aromatic N) is 2. The lowest BCUT2D eigenvalue weighted by molar-refractivity contribution is 0.217. The highest BCUT2D eigenvalue weighted by Crippen LogP contribution is 2.28. The average Bonchev–Trinajstić information content (AvgIpc) is 2.71. The van der Waals surface area contributed by atoms with Crippen molar-refractivity contribution in [2.24, 2.45) is 10.7 Å². The van der Waals surface area contributed by atoms with Crippen LogP contribution in [-0.4, -0.2) is 50.3 Å². The molecule has 3 N–H and O–H groups in total. The van der Waals surface area contributed by atoms with E-state index in [2.05, 4.69) is 29.1 Å². The van der Waals surface area contributed by atoms with Gasteiger partial charge in [-0.15, -0.1) is 24.0 Å². The Labute approximate surface area is 187 Å². The van der Waals surface area contributed by atoms with Gasteiger partial charge in [0, 0.05) is 12.6 Å². The Morgan fingerprint density at radius 1 is 1.18 bits per heavy atom. The number of guanidine groups is 1. The monoisotopic (exact) mass is 504 g/mol. The molecule has 0 atom stereocenters. The molecule has 1 aliphatic rings. The molecule has 1 saturated carbocycles. The Kier molecular flexibility index (Phi) is 12.3. The van der Waals surface area contributed by atoms with Crippen LogP contribution in [0, 0.1) is 0 Å². The van der Waals surface area contributed by atoms with Crippen LogP contribution in [0.1, 0.15) is 51.5 Å². The van der Waals surface area contributed by atoms with Crippen LogP contribution >= 0.6 is 24.0 Å². The molecule has 0 unspecified atom stereocenters. The maximum Gasteiger partial charge on any atom is 0.189 e. The number of hydrogen-bond acceptors (Lipinski definition) is 4. The van der Waals surface area contributed by atoms with Crippen LogP contribution in [0.3, 0.4) is 0 Å². The smallest absolute Gasteiger partial charge is 0.189 e. The SMILES string of the molecule is CCN(CC)CCOc1ccc(CN=C(N)NC2CCCCC2)cc1OC.I. The van der Waals surface area contributed by atoms with E-state index in [9.17, 15) is 0 Å².